The number of amides is 1. The molecule has 3 atom stereocenters. The van der Waals surface area contributed by atoms with Crippen LogP contribution in [0.1, 0.15) is 18.5 Å². The third kappa shape index (κ3) is 5.45. The molecule has 1 N–H and O–H groups in total. The number of nitrogens with zero attached hydrogens (tertiary/aromatic N) is 1. The summed E-state index contributed by atoms with van der Waals surface area (Å²) in [5.41, 5.74) is 0.958. The minimum absolute atomic E-state index is 0.141. The van der Waals surface area contributed by atoms with E-state index in [9.17, 15) is 4.79 Å². The molecule has 2 aromatic rings. The average Bonchev–Trinajstić information content (AvgIpc) is 2.67. The quantitative estimate of drug-likeness (QED) is 0.825. The summed E-state index contributed by atoms with van der Waals surface area (Å²) in [4.78, 5) is 15.0. The van der Waals surface area contributed by atoms with Gasteiger partial charge in [-0.15, -0.1) is 0 Å². The van der Waals surface area contributed by atoms with Gasteiger partial charge in [-0.3, -0.25) is 4.79 Å². The lowest BCUT2D eigenvalue weighted by atomic mass is 9.99. The Balaban J connectivity index is 1.73. The number of carbonyl (C=O) groups excluding carboxylic acids is 1. The van der Waals surface area contributed by atoms with Crippen molar-refractivity contribution >= 4 is 17.5 Å². The van der Waals surface area contributed by atoms with E-state index in [-0.39, 0.29) is 18.1 Å². The number of nitrogens with one attached hydrogen (secondary N) is 1. The number of benzene rings is 2. The molecule has 1 aliphatic rings. The van der Waals surface area contributed by atoms with Gasteiger partial charge in [0.1, 0.15) is 5.75 Å². The van der Waals surface area contributed by atoms with Gasteiger partial charge in [-0.1, -0.05) is 41.9 Å². The van der Waals surface area contributed by atoms with Crippen molar-refractivity contribution in [1.82, 2.24) is 10.2 Å². The number of hydrogen-bond donors (Lipinski definition) is 1. The molecule has 1 saturated heterocycles. The summed E-state index contributed by atoms with van der Waals surface area (Å²) in [6.45, 7) is 4.00. The number of ether oxygens (including phenoxy) is 2. The Morgan fingerprint density at radius 1 is 1.22 bits per heavy atom. The number of carbonyl (C=O) groups is 1. The third-order valence-electron chi connectivity index (χ3n) is 4.62. The molecule has 0 saturated carbocycles. The maximum absolute atomic E-state index is 12.8. The molecule has 144 valence electrons. The number of morpholine rings is 1. The summed E-state index contributed by atoms with van der Waals surface area (Å²) in [6.07, 6.45) is -0.763. The van der Waals surface area contributed by atoms with Crippen molar-refractivity contribution in [2.24, 2.45) is 0 Å². The summed E-state index contributed by atoms with van der Waals surface area (Å²) >= 11 is 6.02. The van der Waals surface area contributed by atoms with Crippen molar-refractivity contribution in [3.8, 4) is 5.75 Å². The third-order valence-corrected chi connectivity index (χ3v) is 4.87. The zero-order valence-electron chi connectivity index (χ0n) is 15.6. The Morgan fingerprint density at radius 2 is 1.93 bits per heavy atom. The number of halogens is 1. The highest BCUT2D eigenvalue weighted by molar-refractivity contribution is 6.30. The maximum atomic E-state index is 12.8. The van der Waals surface area contributed by atoms with Crippen molar-refractivity contribution in [3.63, 3.8) is 0 Å². The van der Waals surface area contributed by atoms with Crippen molar-refractivity contribution in [2.45, 2.75) is 25.2 Å². The molecular weight excluding hydrogens is 364 g/mol. The van der Waals surface area contributed by atoms with Gasteiger partial charge in [0, 0.05) is 18.1 Å². The first-order valence-corrected chi connectivity index (χ1v) is 9.48. The standard InChI is InChI=1S/C21H25ClN2O3/c1-15(27-18-6-4-3-5-7-18)21(25)23-20(16-8-10-17(22)11-9-16)19-14-24(2)12-13-26-19/h3-11,15,19-20H,12-14H2,1-2H3,(H,23,25). The highest BCUT2D eigenvalue weighted by Gasteiger charge is 2.31. The average molecular weight is 389 g/mol. The number of rotatable bonds is 6. The molecule has 0 spiro atoms. The fraction of sp³-hybridized carbons (Fsp3) is 0.381. The second-order valence-electron chi connectivity index (χ2n) is 6.78. The molecule has 1 fully saturated rings. The smallest absolute Gasteiger partial charge is 0.261 e. The van der Waals surface area contributed by atoms with E-state index in [1.165, 1.54) is 0 Å². The van der Waals surface area contributed by atoms with Crippen molar-refractivity contribution in [2.75, 3.05) is 26.7 Å². The predicted octanol–water partition coefficient (Wildman–Crippen LogP) is 3.30. The van der Waals surface area contributed by atoms with Gasteiger partial charge in [0.05, 0.1) is 18.8 Å². The molecule has 2 aromatic carbocycles. The molecule has 6 heteroatoms. The second kappa shape index (κ2) is 9.22. The second-order valence-corrected chi connectivity index (χ2v) is 7.22. The van der Waals surface area contributed by atoms with Crippen LogP contribution in [0.15, 0.2) is 54.6 Å². The Labute approximate surface area is 165 Å². The Morgan fingerprint density at radius 3 is 2.59 bits per heavy atom. The molecule has 5 nitrogen and oxygen atoms in total. The molecule has 0 aromatic heterocycles. The van der Waals surface area contributed by atoms with Crippen LogP contribution in [0.25, 0.3) is 0 Å². The summed E-state index contributed by atoms with van der Waals surface area (Å²) in [5, 5.41) is 3.76. The van der Waals surface area contributed by atoms with Crippen LogP contribution in [0.3, 0.4) is 0 Å². The first kappa shape index (κ1) is 19.7. The van der Waals surface area contributed by atoms with Crippen LogP contribution in [0, 0.1) is 0 Å². The van der Waals surface area contributed by atoms with Gasteiger partial charge in [0.25, 0.3) is 5.91 Å². The minimum atomic E-state index is -0.622. The van der Waals surface area contributed by atoms with E-state index in [0.717, 1.165) is 18.7 Å². The van der Waals surface area contributed by atoms with Crippen LogP contribution in [0.2, 0.25) is 5.02 Å². The molecule has 0 aliphatic carbocycles. The van der Waals surface area contributed by atoms with Crippen LogP contribution in [0.5, 0.6) is 5.75 Å². The maximum Gasteiger partial charge on any atom is 0.261 e. The highest BCUT2D eigenvalue weighted by Crippen LogP contribution is 2.24. The highest BCUT2D eigenvalue weighted by atomic mass is 35.5. The minimum Gasteiger partial charge on any atom is -0.481 e. The predicted molar refractivity (Wildman–Crippen MR) is 106 cm³/mol. The molecular formula is C21H25ClN2O3. The van der Waals surface area contributed by atoms with Crippen LogP contribution in [0.4, 0.5) is 0 Å². The van der Waals surface area contributed by atoms with Gasteiger partial charge >= 0.3 is 0 Å². The lowest BCUT2D eigenvalue weighted by molar-refractivity contribution is -0.130. The van der Waals surface area contributed by atoms with Gasteiger partial charge in [-0.05, 0) is 43.8 Å². The molecule has 1 amide bonds. The lowest BCUT2D eigenvalue weighted by Crippen LogP contribution is -2.49. The van der Waals surface area contributed by atoms with Crippen molar-refractivity contribution in [1.29, 1.82) is 0 Å². The zero-order chi connectivity index (χ0) is 19.2. The molecule has 0 radical (unpaired) electrons. The number of likely N-dealkylation sites (N-methyl/N-ethyl adjacent to an activating group) is 1. The summed E-state index contributed by atoms with van der Waals surface area (Å²) in [6, 6.07) is 16.6. The summed E-state index contributed by atoms with van der Waals surface area (Å²) in [5.74, 6) is 0.479. The first-order chi connectivity index (χ1) is 13.0. The fourth-order valence-corrected chi connectivity index (χ4v) is 3.23. The molecule has 3 rings (SSSR count). The van der Waals surface area contributed by atoms with Crippen LogP contribution >= 0.6 is 11.6 Å². The van der Waals surface area contributed by atoms with E-state index in [2.05, 4.69) is 17.3 Å². The first-order valence-electron chi connectivity index (χ1n) is 9.10. The van der Waals surface area contributed by atoms with Crippen LogP contribution < -0.4 is 10.1 Å². The van der Waals surface area contributed by atoms with Gasteiger partial charge in [-0.2, -0.15) is 0 Å². The number of hydrogen-bond acceptors (Lipinski definition) is 4. The van der Waals surface area contributed by atoms with Crippen molar-refractivity contribution < 1.29 is 14.3 Å². The molecule has 3 unspecified atom stereocenters. The van der Waals surface area contributed by atoms with Crippen molar-refractivity contribution in [3.05, 3.63) is 65.2 Å². The molecule has 1 heterocycles. The topological polar surface area (TPSA) is 50.8 Å². The molecule has 27 heavy (non-hydrogen) atoms. The Bertz CT molecular complexity index is 739. The largest absolute Gasteiger partial charge is 0.481 e. The van der Waals surface area contributed by atoms with Crippen LogP contribution in [-0.2, 0) is 9.53 Å². The van der Waals surface area contributed by atoms with E-state index in [4.69, 9.17) is 21.1 Å². The van der Waals surface area contributed by atoms with Crippen LogP contribution in [-0.4, -0.2) is 49.8 Å². The summed E-state index contributed by atoms with van der Waals surface area (Å²) < 4.78 is 11.7. The Hall–Kier alpha value is -2.08. The monoisotopic (exact) mass is 388 g/mol. The van der Waals surface area contributed by atoms with E-state index in [1.807, 2.05) is 54.6 Å². The lowest BCUT2D eigenvalue weighted by Gasteiger charge is -2.36. The zero-order valence-corrected chi connectivity index (χ0v) is 16.4. The SMILES string of the molecule is CC(Oc1ccccc1)C(=O)NC(c1ccc(Cl)cc1)C1CN(C)CCO1. The summed E-state index contributed by atoms with van der Waals surface area (Å²) in [7, 11) is 2.05. The molecule has 1 aliphatic heterocycles. The van der Waals surface area contributed by atoms with Gasteiger partial charge in [-0.25, -0.2) is 0 Å². The van der Waals surface area contributed by atoms with Gasteiger partial charge < -0.3 is 19.7 Å². The van der Waals surface area contributed by atoms with E-state index >= 15 is 0 Å². The Kier molecular flexibility index (Phi) is 6.72. The van der Waals surface area contributed by atoms with Gasteiger partial charge in [0.15, 0.2) is 6.10 Å². The van der Waals surface area contributed by atoms with E-state index < -0.39 is 6.10 Å². The number of para-hydroxylation sites is 1. The molecule has 0 bridgehead atoms. The normalized spacial score (nSPS) is 19.9. The fourth-order valence-electron chi connectivity index (χ4n) is 3.10. The van der Waals surface area contributed by atoms with E-state index in [0.29, 0.717) is 17.4 Å². The van der Waals surface area contributed by atoms with Gasteiger partial charge in [0.2, 0.25) is 0 Å². The van der Waals surface area contributed by atoms with E-state index in [1.54, 1.807) is 6.92 Å².